The summed E-state index contributed by atoms with van der Waals surface area (Å²) in [6, 6.07) is 4.94. The largest absolute Gasteiger partial charge is 0.339 e. The second-order valence-corrected chi connectivity index (χ2v) is 9.55. The van der Waals surface area contributed by atoms with E-state index in [0.29, 0.717) is 51.0 Å². The molecule has 4 rings (SSSR count). The van der Waals surface area contributed by atoms with Gasteiger partial charge in [0.05, 0.1) is 6.54 Å². The molecule has 2 N–H and O–H groups in total. The number of nitrogens with one attached hydrogen (secondary N) is 2. The molecule has 0 bridgehead atoms. The van der Waals surface area contributed by atoms with Crippen LogP contribution < -0.4 is 15.5 Å². The molecule has 3 aliphatic rings. The summed E-state index contributed by atoms with van der Waals surface area (Å²) in [4.78, 5) is 55.9. The van der Waals surface area contributed by atoms with Gasteiger partial charge >= 0.3 is 12.1 Å². The van der Waals surface area contributed by atoms with Crippen molar-refractivity contribution in [1.29, 1.82) is 0 Å². The predicted molar refractivity (Wildman–Crippen MR) is 129 cm³/mol. The maximum Gasteiger partial charge on any atom is 0.325 e. The van der Waals surface area contributed by atoms with Gasteiger partial charge in [0, 0.05) is 37.4 Å². The van der Waals surface area contributed by atoms with E-state index in [1.54, 1.807) is 28.9 Å². The zero-order chi connectivity index (χ0) is 24.6. The number of hydrogen-bond donors (Lipinski definition) is 2. The Morgan fingerprint density at radius 3 is 2.44 bits per heavy atom. The number of carbonyl (C=O) groups is 4. The number of carbonyl (C=O) groups excluding carboxylic acids is 4. The number of imide groups is 1. The van der Waals surface area contributed by atoms with E-state index >= 15 is 0 Å². The molecule has 0 aliphatic carbocycles. The molecule has 3 heterocycles. The third-order valence-corrected chi connectivity index (χ3v) is 7.27. The van der Waals surface area contributed by atoms with E-state index in [9.17, 15) is 19.2 Å². The minimum Gasteiger partial charge on any atom is -0.339 e. The molecule has 0 radical (unpaired) electrons. The number of benzene rings is 1. The van der Waals surface area contributed by atoms with E-state index in [1.165, 1.54) is 4.90 Å². The van der Waals surface area contributed by atoms with Crippen molar-refractivity contribution < 1.29 is 19.2 Å². The monoisotopic (exact) mass is 467 g/mol. The minimum atomic E-state index is -0.929. The highest BCUT2D eigenvalue weighted by molar-refractivity contribution is 6.07. The van der Waals surface area contributed by atoms with Crippen molar-refractivity contribution in [2.24, 2.45) is 5.92 Å². The number of likely N-dealkylation sites (tertiary alicyclic amines) is 1. The first-order valence-corrected chi connectivity index (χ1v) is 11.9. The van der Waals surface area contributed by atoms with Crippen LogP contribution in [0.5, 0.6) is 0 Å². The lowest BCUT2D eigenvalue weighted by molar-refractivity contribution is -0.133. The van der Waals surface area contributed by atoms with E-state index in [2.05, 4.69) is 17.2 Å². The van der Waals surface area contributed by atoms with Crippen LogP contribution in [0.15, 0.2) is 30.4 Å². The smallest absolute Gasteiger partial charge is 0.325 e. The fraction of sp³-hybridized carbons (Fsp3) is 0.520. The molecular formula is C25H33N5O4. The summed E-state index contributed by atoms with van der Waals surface area (Å²) in [7, 11) is 0. The van der Waals surface area contributed by atoms with E-state index in [1.807, 2.05) is 19.9 Å². The number of nitrogens with zero attached hydrogens (tertiary/aromatic N) is 3. The first-order chi connectivity index (χ1) is 16.2. The van der Waals surface area contributed by atoms with Crippen LogP contribution in [0.1, 0.15) is 49.0 Å². The van der Waals surface area contributed by atoms with Crippen LogP contribution in [0.2, 0.25) is 0 Å². The number of rotatable bonds is 6. The summed E-state index contributed by atoms with van der Waals surface area (Å²) in [5, 5.41) is 5.76. The fourth-order valence-electron chi connectivity index (χ4n) is 5.36. The number of aryl methyl sites for hydroxylation is 1. The van der Waals surface area contributed by atoms with E-state index in [4.69, 9.17) is 0 Å². The molecule has 0 unspecified atom stereocenters. The molecule has 3 fully saturated rings. The Kier molecular flexibility index (Phi) is 6.38. The van der Waals surface area contributed by atoms with Crippen LogP contribution in [0.4, 0.5) is 15.3 Å². The Bertz CT molecular complexity index is 1050. The Labute approximate surface area is 200 Å². The minimum absolute atomic E-state index is 0.0463. The quantitative estimate of drug-likeness (QED) is 0.496. The SMILES string of the molecule is C=C(C)CN1C(=O)N[C@](CC)(C2CCN(C(=O)c3ccc(C)c(N4CCNC4=O)c3)CC2)C1=O. The van der Waals surface area contributed by atoms with Gasteiger partial charge in [-0.2, -0.15) is 0 Å². The number of urea groups is 2. The van der Waals surface area contributed by atoms with E-state index in [0.717, 1.165) is 16.8 Å². The number of anilines is 1. The molecule has 182 valence electrons. The van der Waals surface area contributed by atoms with Crippen molar-refractivity contribution in [1.82, 2.24) is 20.4 Å². The fourth-order valence-corrected chi connectivity index (χ4v) is 5.36. The van der Waals surface area contributed by atoms with Gasteiger partial charge in [0.2, 0.25) is 0 Å². The van der Waals surface area contributed by atoms with Gasteiger partial charge in [0.25, 0.3) is 11.8 Å². The number of amides is 6. The van der Waals surface area contributed by atoms with Gasteiger partial charge in [-0.25, -0.2) is 9.59 Å². The van der Waals surface area contributed by atoms with Crippen molar-refractivity contribution in [3.8, 4) is 0 Å². The van der Waals surface area contributed by atoms with Crippen molar-refractivity contribution in [3.05, 3.63) is 41.5 Å². The van der Waals surface area contributed by atoms with Gasteiger partial charge < -0.3 is 15.5 Å². The average molecular weight is 468 g/mol. The molecule has 0 aromatic heterocycles. The Morgan fingerprint density at radius 2 is 1.85 bits per heavy atom. The molecule has 9 heteroatoms. The van der Waals surface area contributed by atoms with Crippen LogP contribution in [-0.4, -0.2) is 71.9 Å². The number of hydrogen-bond acceptors (Lipinski definition) is 4. The van der Waals surface area contributed by atoms with Crippen molar-refractivity contribution in [2.75, 3.05) is 37.6 Å². The second kappa shape index (κ2) is 9.12. The Balaban J connectivity index is 1.46. The van der Waals surface area contributed by atoms with Crippen LogP contribution in [-0.2, 0) is 4.79 Å². The van der Waals surface area contributed by atoms with Crippen molar-refractivity contribution in [3.63, 3.8) is 0 Å². The first kappa shape index (κ1) is 23.8. The molecule has 0 spiro atoms. The third-order valence-electron chi connectivity index (χ3n) is 7.27. The molecule has 1 atom stereocenters. The van der Waals surface area contributed by atoms with Gasteiger partial charge in [-0.3, -0.25) is 19.4 Å². The van der Waals surface area contributed by atoms with E-state index < -0.39 is 5.54 Å². The molecule has 34 heavy (non-hydrogen) atoms. The highest BCUT2D eigenvalue weighted by Crippen LogP contribution is 2.37. The topological polar surface area (TPSA) is 102 Å². The van der Waals surface area contributed by atoms with Gasteiger partial charge in [-0.15, -0.1) is 0 Å². The van der Waals surface area contributed by atoms with Crippen molar-refractivity contribution >= 4 is 29.6 Å². The lowest BCUT2D eigenvalue weighted by atomic mass is 9.75. The number of piperidine rings is 1. The van der Waals surface area contributed by atoms with Crippen LogP contribution in [0, 0.1) is 12.8 Å². The van der Waals surface area contributed by atoms with Gasteiger partial charge in [0.15, 0.2) is 0 Å². The third kappa shape index (κ3) is 4.03. The van der Waals surface area contributed by atoms with Crippen LogP contribution in [0.25, 0.3) is 0 Å². The molecule has 3 aliphatic heterocycles. The maximum atomic E-state index is 13.3. The summed E-state index contributed by atoms with van der Waals surface area (Å²) in [6.45, 7) is 11.8. The summed E-state index contributed by atoms with van der Waals surface area (Å²) < 4.78 is 0. The lowest BCUT2D eigenvalue weighted by Crippen LogP contribution is -2.56. The molecule has 6 amide bonds. The highest BCUT2D eigenvalue weighted by Gasteiger charge is 2.54. The summed E-state index contributed by atoms with van der Waals surface area (Å²) in [5.74, 6) is -0.328. The van der Waals surface area contributed by atoms with Gasteiger partial charge in [-0.1, -0.05) is 25.1 Å². The maximum absolute atomic E-state index is 13.3. The van der Waals surface area contributed by atoms with E-state index in [-0.39, 0.29) is 36.3 Å². The Hall–Kier alpha value is -3.36. The molecule has 1 aromatic rings. The zero-order valence-corrected chi connectivity index (χ0v) is 20.1. The molecular weight excluding hydrogens is 434 g/mol. The normalized spacial score (nSPS) is 23.4. The Morgan fingerprint density at radius 1 is 1.15 bits per heavy atom. The second-order valence-electron chi connectivity index (χ2n) is 9.55. The van der Waals surface area contributed by atoms with Crippen molar-refractivity contribution in [2.45, 2.75) is 45.6 Å². The average Bonchev–Trinajstić information content (AvgIpc) is 3.35. The zero-order valence-electron chi connectivity index (χ0n) is 20.1. The highest BCUT2D eigenvalue weighted by atomic mass is 16.2. The van der Waals surface area contributed by atoms with Gasteiger partial charge in [0.1, 0.15) is 5.54 Å². The molecule has 9 nitrogen and oxygen atoms in total. The standard InChI is InChI=1S/C25H33N5O4/c1-5-25(22(32)30(15-16(2)3)24(34)27-25)19-8-11-28(12-9-19)21(31)18-7-6-17(4)20(14-18)29-13-10-26-23(29)33/h6-7,14,19H,2,5,8-13,15H2,1,3-4H3,(H,26,33)(H,27,34)/t25-/m1/s1. The van der Waals surface area contributed by atoms with Gasteiger partial charge in [-0.05, 0) is 56.7 Å². The summed E-state index contributed by atoms with van der Waals surface area (Å²) in [6.07, 6.45) is 1.75. The van der Waals surface area contributed by atoms with Crippen LogP contribution in [0.3, 0.4) is 0 Å². The van der Waals surface area contributed by atoms with Crippen LogP contribution >= 0.6 is 0 Å². The molecule has 1 aromatic carbocycles. The summed E-state index contributed by atoms with van der Waals surface area (Å²) >= 11 is 0. The molecule has 3 saturated heterocycles. The predicted octanol–water partition coefficient (Wildman–Crippen LogP) is 2.65. The lowest BCUT2D eigenvalue weighted by Gasteiger charge is -2.40. The first-order valence-electron chi connectivity index (χ1n) is 11.9. The summed E-state index contributed by atoms with van der Waals surface area (Å²) in [5.41, 5.74) is 2.05. The molecule has 0 saturated carbocycles.